The van der Waals surface area contributed by atoms with Gasteiger partial charge in [-0.25, -0.2) is 0 Å². The molecule has 2 heteroatoms. The molecule has 2 nitrogen and oxygen atoms in total. The second kappa shape index (κ2) is 6.86. The van der Waals surface area contributed by atoms with Gasteiger partial charge in [-0.05, 0) is 48.6 Å². The summed E-state index contributed by atoms with van der Waals surface area (Å²) in [6.45, 7) is 3.16. The second-order valence-electron chi connectivity index (χ2n) is 5.89. The number of aromatic nitrogens is 1. The van der Waals surface area contributed by atoms with Crippen molar-refractivity contribution in [2.24, 2.45) is 0 Å². The summed E-state index contributed by atoms with van der Waals surface area (Å²) >= 11 is 0. The molecule has 0 spiro atoms. The maximum Gasteiger partial charge on any atom is 0.0422 e. The fourth-order valence-corrected chi connectivity index (χ4v) is 3.19. The molecule has 1 aliphatic rings. The Morgan fingerprint density at radius 3 is 2.62 bits per heavy atom. The van der Waals surface area contributed by atoms with Gasteiger partial charge in [-0.15, -0.1) is 0 Å². The first kappa shape index (κ1) is 14.3. The van der Waals surface area contributed by atoms with Crippen LogP contribution < -0.4 is 5.32 Å². The third-order valence-corrected chi connectivity index (χ3v) is 4.51. The van der Waals surface area contributed by atoms with Crippen LogP contribution in [0.15, 0.2) is 48.7 Å². The predicted octanol–water partition coefficient (Wildman–Crippen LogP) is 4.24. The lowest BCUT2D eigenvalue weighted by Crippen LogP contribution is -2.25. The Kier molecular flexibility index (Phi) is 4.66. The van der Waals surface area contributed by atoms with E-state index in [0.29, 0.717) is 6.04 Å². The molecule has 0 aliphatic heterocycles. The van der Waals surface area contributed by atoms with Crippen LogP contribution in [0.2, 0.25) is 0 Å². The van der Waals surface area contributed by atoms with Crippen LogP contribution in [0.5, 0.6) is 0 Å². The summed E-state index contributed by atoms with van der Waals surface area (Å²) in [5.74, 6) is 0.770. The van der Waals surface area contributed by atoms with Gasteiger partial charge in [0.2, 0.25) is 0 Å². The van der Waals surface area contributed by atoms with E-state index >= 15 is 0 Å². The third kappa shape index (κ3) is 3.33. The Hall–Kier alpha value is -1.67. The highest BCUT2D eigenvalue weighted by atomic mass is 14.9. The first-order chi connectivity index (χ1) is 10.4. The molecule has 2 aromatic rings. The summed E-state index contributed by atoms with van der Waals surface area (Å²) < 4.78 is 0. The number of rotatable bonds is 6. The van der Waals surface area contributed by atoms with Crippen LogP contribution in [0.3, 0.4) is 0 Å². The van der Waals surface area contributed by atoms with Gasteiger partial charge in [0.15, 0.2) is 0 Å². The number of hydrogen-bond donors (Lipinski definition) is 1. The number of nitrogens with zero attached hydrogens (tertiary/aromatic N) is 1. The van der Waals surface area contributed by atoms with E-state index in [-0.39, 0.29) is 0 Å². The van der Waals surface area contributed by atoms with Gasteiger partial charge >= 0.3 is 0 Å². The van der Waals surface area contributed by atoms with Crippen LogP contribution in [0.25, 0.3) is 0 Å². The monoisotopic (exact) mass is 280 g/mol. The van der Waals surface area contributed by atoms with Crippen molar-refractivity contribution >= 4 is 0 Å². The molecule has 0 saturated heterocycles. The number of pyridine rings is 1. The first-order valence-electron chi connectivity index (χ1n) is 8.10. The van der Waals surface area contributed by atoms with E-state index in [1.54, 1.807) is 5.56 Å². The fourth-order valence-electron chi connectivity index (χ4n) is 3.19. The number of likely N-dealkylation sites (N-methyl/N-ethyl adjacent to an activating group) is 1. The van der Waals surface area contributed by atoms with Crippen molar-refractivity contribution in [2.45, 2.75) is 44.6 Å². The minimum Gasteiger partial charge on any atom is -0.310 e. The van der Waals surface area contributed by atoms with Crippen LogP contribution in [0.4, 0.5) is 0 Å². The van der Waals surface area contributed by atoms with Gasteiger partial charge in [0, 0.05) is 24.4 Å². The molecule has 1 aromatic carbocycles. The molecule has 1 aliphatic carbocycles. The van der Waals surface area contributed by atoms with E-state index in [2.05, 4.69) is 53.6 Å². The molecular formula is C19H24N2. The molecule has 0 bridgehead atoms. The maximum atomic E-state index is 4.49. The second-order valence-corrected chi connectivity index (χ2v) is 5.89. The molecule has 0 radical (unpaired) electrons. The summed E-state index contributed by atoms with van der Waals surface area (Å²) in [6.07, 6.45) is 6.92. The van der Waals surface area contributed by atoms with Gasteiger partial charge in [0.1, 0.15) is 0 Å². The molecule has 1 aromatic heterocycles. The van der Waals surface area contributed by atoms with Gasteiger partial charge < -0.3 is 5.32 Å². The molecule has 21 heavy (non-hydrogen) atoms. The van der Waals surface area contributed by atoms with Crippen molar-refractivity contribution in [1.82, 2.24) is 10.3 Å². The van der Waals surface area contributed by atoms with E-state index < -0.39 is 0 Å². The van der Waals surface area contributed by atoms with Gasteiger partial charge in [0.25, 0.3) is 0 Å². The molecule has 1 unspecified atom stereocenters. The van der Waals surface area contributed by atoms with Crippen LogP contribution in [0.1, 0.15) is 55.0 Å². The van der Waals surface area contributed by atoms with E-state index in [1.807, 2.05) is 12.3 Å². The van der Waals surface area contributed by atoms with Crippen molar-refractivity contribution in [1.29, 1.82) is 0 Å². The Bertz CT molecular complexity index is 561. The molecule has 0 amide bonds. The van der Waals surface area contributed by atoms with Crippen molar-refractivity contribution in [3.63, 3.8) is 0 Å². The molecular weight excluding hydrogens is 256 g/mol. The number of nitrogens with one attached hydrogen (secondary N) is 1. The minimum atomic E-state index is 0.363. The summed E-state index contributed by atoms with van der Waals surface area (Å²) in [5.41, 5.74) is 4.17. The summed E-state index contributed by atoms with van der Waals surface area (Å²) in [7, 11) is 0. The lowest BCUT2D eigenvalue weighted by Gasteiger charge is -2.30. The summed E-state index contributed by atoms with van der Waals surface area (Å²) in [4.78, 5) is 4.49. The van der Waals surface area contributed by atoms with Crippen LogP contribution in [0, 0.1) is 0 Å². The van der Waals surface area contributed by atoms with E-state index in [4.69, 9.17) is 0 Å². The van der Waals surface area contributed by atoms with Gasteiger partial charge in [-0.3, -0.25) is 4.98 Å². The highest BCUT2D eigenvalue weighted by molar-refractivity contribution is 5.35. The zero-order valence-electron chi connectivity index (χ0n) is 12.8. The largest absolute Gasteiger partial charge is 0.310 e. The Labute approximate surface area is 127 Å². The topological polar surface area (TPSA) is 24.9 Å². The zero-order chi connectivity index (χ0) is 14.5. The Morgan fingerprint density at radius 2 is 1.95 bits per heavy atom. The molecule has 110 valence electrons. The molecule has 1 heterocycles. The fraction of sp³-hybridized carbons (Fsp3) is 0.421. The standard InChI is InChI=1S/C19H24N2/c1-2-20-19(14-16-10-5-6-13-21-16)18-12-4-3-11-17(18)15-8-7-9-15/h3-6,10-13,15,19-20H,2,7-9,14H2,1H3. The number of benzene rings is 1. The van der Waals surface area contributed by atoms with Crippen LogP contribution in [-0.2, 0) is 6.42 Å². The van der Waals surface area contributed by atoms with Gasteiger partial charge in [0.05, 0.1) is 0 Å². The maximum absolute atomic E-state index is 4.49. The van der Waals surface area contributed by atoms with E-state index in [0.717, 1.165) is 24.6 Å². The zero-order valence-corrected chi connectivity index (χ0v) is 12.8. The molecule has 1 saturated carbocycles. The Morgan fingerprint density at radius 1 is 1.14 bits per heavy atom. The third-order valence-electron chi connectivity index (χ3n) is 4.51. The number of hydrogen-bond acceptors (Lipinski definition) is 2. The van der Waals surface area contributed by atoms with Crippen LogP contribution >= 0.6 is 0 Å². The normalized spacial score (nSPS) is 16.4. The molecule has 1 N–H and O–H groups in total. The first-order valence-corrected chi connectivity index (χ1v) is 8.10. The van der Waals surface area contributed by atoms with E-state index in [9.17, 15) is 0 Å². The van der Waals surface area contributed by atoms with Crippen molar-refractivity contribution in [3.05, 3.63) is 65.5 Å². The highest BCUT2D eigenvalue weighted by Gasteiger charge is 2.24. The summed E-state index contributed by atoms with van der Waals surface area (Å²) in [5, 5.41) is 3.65. The van der Waals surface area contributed by atoms with Gasteiger partial charge in [-0.2, -0.15) is 0 Å². The van der Waals surface area contributed by atoms with E-state index in [1.165, 1.54) is 24.8 Å². The smallest absolute Gasteiger partial charge is 0.0422 e. The summed E-state index contributed by atoms with van der Waals surface area (Å²) in [6, 6.07) is 15.5. The van der Waals surface area contributed by atoms with Crippen molar-refractivity contribution < 1.29 is 0 Å². The lowest BCUT2D eigenvalue weighted by atomic mass is 9.77. The quantitative estimate of drug-likeness (QED) is 0.856. The average molecular weight is 280 g/mol. The SMILES string of the molecule is CCNC(Cc1ccccn1)c1ccccc1C1CCC1. The molecule has 3 rings (SSSR count). The van der Waals surface area contributed by atoms with Crippen LogP contribution in [-0.4, -0.2) is 11.5 Å². The highest BCUT2D eigenvalue weighted by Crippen LogP contribution is 2.39. The Balaban J connectivity index is 1.86. The average Bonchev–Trinajstić information content (AvgIpc) is 2.47. The van der Waals surface area contributed by atoms with Crippen molar-refractivity contribution in [2.75, 3.05) is 6.54 Å². The van der Waals surface area contributed by atoms with Gasteiger partial charge in [-0.1, -0.05) is 43.7 Å². The molecule has 1 atom stereocenters. The predicted molar refractivity (Wildman–Crippen MR) is 87.4 cm³/mol. The molecule has 1 fully saturated rings. The van der Waals surface area contributed by atoms with Crippen molar-refractivity contribution in [3.8, 4) is 0 Å². The lowest BCUT2D eigenvalue weighted by molar-refractivity contribution is 0.411. The minimum absolute atomic E-state index is 0.363.